The van der Waals surface area contributed by atoms with E-state index in [-0.39, 0.29) is 11.8 Å². The third-order valence-corrected chi connectivity index (χ3v) is 3.73. The van der Waals surface area contributed by atoms with E-state index in [2.05, 4.69) is 31.7 Å². The summed E-state index contributed by atoms with van der Waals surface area (Å²) >= 11 is 3.25. The molecule has 0 radical (unpaired) electrons. The van der Waals surface area contributed by atoms with Crippen LogP contribution in [0.1, 0.15) is 26.3 Å². The summed E-state index contributed by atoms with van der Waals surface area (Å²) < 4.78 is 2.10. The zero-order valence-electron chi connectivity index (χ0n) is 12.4. The van der Waals surface area contributed by atoms with E-state index >= 15 is 0 Å². The number of aromatic nitrogens is 2. The molecule has 0 unspecified atom stereocenters. The van der Waals surface area contributed by atoms with Gasteiger partial charge in [0.2, 0.25) is 0 Å². The summed E-state index contributed by atoms with van der Waals surface area (Å²) in [5, 5.41) is 9.50. The average Bonchev–Trinajstić information content (AvgIpc) is 2.85. The number of rotatable bonds is 5. The molecule has 2 rings (SSSR count). The molecule has 1 aromatic carbocycles. The number of aryl methyl sites for hydroxylation is 1. The monoisotopic (exact) mass is 364 g/mol. The molecule has 0 aliphatic carbocycles. The average molecular weight is 365 g/mol. The van der Waals surface area contributed by atoms with Crippen LogP contribution < -0.4 is 10.6 Å². The van der Waals surface area contributed by atoms with Gasteiger partial charge in [0.05, 0.1) is 5.56 Å². The molecule has 2 amide bonds. The van der Waals surface area contributed by atoms with Gasteiger partial charge >= 0.3 is 0 Å². The predicted molar refractivity (Wildman–Crippen MR) is 86.8 cm³/mol. The number of nitrogens with one attached hydrogen (secondary N) is 2. The fraction of sp³-hybridized carbons (Fsp3) is 0.267. The number of amides is 2. The van der Waals surface area contributed by atoms with E-state index < -0.39 is 0 Å². The van der Waals surface area contributed by atoms with Crippen molar-refractivity contribution >= 4 is 27.7 Å². The maximum atomic E-state index is 12.0. The van der Waals surface area contributed by atoms with Crippen LogP contribution in [0.15, 0.2) is 35.1 Å². The molecule has 0 spiro atoms. The second kappa shape index (κ2) is 7.22. The lowest BCUT2D eigenvalue weighted by Gasteiger charge is -2.06. The van der Waals surface area contributed by atoms with Crippen LogP contribution >= 0.6 is 15.9 Å². The molecular formula is C15H17BrN4O2. The molecule has 0 fully saturated rings. The van der Waals surface area contributed by atoms with Crippen LogP contribution in [0.5, 0.6) is 0 Å². The minimum Gasteiger partial charge on any atom is -0.355 e. The Kier molecular flexibility index (Phi) is 5.32. The standard InChI is InChI=1S/C15H17BrN4O2/c1-17-14(21)11-5-3-4-10(8-11)6-7-18-15(22)12-9-20(2)19-13(12)16/h3-5,8-9H,6-7H2,1-2H3,(H,17,21)(H,18,22). The molecule has 0 bridgehead atoms. The first-order valence-electron chi connectivity index (χ1n) is 6.79. The van der Waals surface area contributed by atoms with E-state index in [1.807, 2.05) is 18.2 Å². The first-order valence-corrected chi connectivity index (χ1v) is 7.59. The molecule has 2 N–H and O–H groups in total. The highest BCUT2D eigenvalue weighted by molar-refractivity contribution is 9.10. The zero-order chi connectivity index (χ0) is 16.1. The van der Waals surface area contributed by atoms with Gasteiger partial charge < -0.3 is 10.6 Å². The number of halogens is 1. The lowest BCUT2D eigenvalue weighted by Crippen LogP contribution is -2.25. The van der Waals surface area contributed by atoms with Crippen molar-refractivity contribution in [2.75, 3.05) is 13.6 Å². The first-order chi connectivity index (χ1) is 10.5. The number of carbonyl (C=O) groups excluding carboxylic acids is 2. The van der Waals surface area contributed by atoms with E-state index in [1.165, 1.54) is 0 Å². The molecule has 1 heterocycles. The highest BCUT2D eigenvalue weighted by Crippen LogP contribution is 2.13. The van der Waals surface area contributed by atoms with E-state index in [9.17, 15) is 9.59 Å². The first kappa shape index (κ1) is 16.2. The number of hydrogen-bond donors (Lipinski definition) is 2. The van der Waals surface area contributed by atoms with Crippen LogP contribution in [0.4, 0.5) is 0 Å². The van der Waals surface area contributed by atoms with E-state index in [0.717, 1.165) is 5.56 Å². The second-order valence-electron chi connectivity index (χ2n) is 4.79. The lowest BCUT2D eigenvalue weighted by molar-refractivity contribution is 0.0948. The Morgan fingerprint density at radius 2 is 2.09 bits per heavy atom. The van der Waals surface area contributed by atoms with Crippen molar-refractivity contribution in [3.63, 3.8) is 0 Å². The summed E-state index contributed by atoms with van der Waals surface area (Å²) in [4.78, 5) is 23.6. The molecule has 6 nitrogen and oxygen atoms in total. The van der Waals surface area contributed by atoms with Gasteiger partial charge in [-0.25, -0.2) is 0 Å². The summed E-state index contributed by atoms with van der Waals surface area (Å²) in [6.45, 7) is 0.483. The van der Waals surface area contributed by atoms with Crippen LogP contribution in [0.2, 0.25) is 0 Å². The Balaban J connectivity index is 1.92. The van der Waals surface area contributed by atoms with Gasteiger partial charge in [-0.05, 0) is 40.0 Å². The van der Waals surface area contributed by atoms with Gasteiger partial charge in [-0.1, -0.05) is 12.1 Å². The van der Waals surface area contributed by atoms with Crippen LogP contribution in [0.25, 0.3) is 0 Å². The lowest BCUT2D eigenvalue weighted by atomic mass is 10.1. The molecule has 0 aliphatic heterocycles. The van der Waals surface area contributed by atoms with Crippen molar-refractivity contribution in [3.05, 3.63) is 51.8 Å². The van der Waals surface area contributed by atoms with Gasteiger partial charge in [0.15, 0.2) is 0 Å². The molecule has 0 atom stereocenters. The summed E-state index contributed by atoms with van der Waals surface area (Å²) in [5.41, 5.74) is 2.11. The smallest absolute Gasteiger partial charge is 0.255 e. The SMILES string of the molecule is CNC(=O)c1cccc(CCNC(=O)c2cn(C)nc2Br)c1. The molecule has 7 heteroatoms. The summed E-state index contributed by atoms with van der Waals surface area (Å²) in [6, 6.07) is 7.34. The molecule has 22 heavy (non-hydrogen) atoms. The Labute approximate surface area is 137 Å². The highest BCUT2D eigenvalue weighted by Gasteiger charge is 2.13. The minimum absolute atomic E-state index is 0.120. The summed E-state index contributed by atoms with van der Waals surface area (Å²) in [7, 11) is 3.35. The molecule has 1 aromatic heterocycles. The maximum absolute atomic E-state index is 12.0. The van der Waals surface area contributed by atoms with Crippen molar-refractivity contribution < 1.29 is 9.59 Å². The van der Waals surface area contributed by atoms with Crippen molar-refractivity contribution in [3.8, 4) is 0 Å². The van der Waals surface area contributed by atoms with Crippen molar-refractivity contribution in [2.24, 2.45) is 7.05 Å². The fourth-order valence-corrected chi connectivity index (χ4v) is 2.57. The maximum Gasteiger partial charge on any atom is 0.255 e. The number of carbonyl (C=O) groups is 2. The van der Waals surface area contributed by atoms with Gasteiger partial charge in [0.1, 0.15) is 4.60 Å². The molecule has 0 saturated carbocycles. The second-order valence-corrected chi connectivity index (χ2v) is 5.54. The Morgan fingerprint density at radius 3 is 2.73 bits per heavy atom. The molecule has 0 aliphatic rings. The Bertz CT molecular complexity index is 697. The summed E-state index contributed by atoms with van der Waals surface area (Å²) in [5.74, 6) is -0.299. The van der Waals surface area contributed by atoms with Gasteiger partial charge in [-0.2, -0.15) is 5.10 Å². The largest absolute Gasteiger partial charge is 0.355 e. The Morgan fingerprint density at radius 1 is 1.32 bits per heavy atom. The van der Waals surface area contributed by atoms with Crippen molar-refractivity contribution in [1.29, 1.82) is 0 Å². The number of hydrogen-bond acceptors (Lipinski definition) is 3. The molecule has 0 saturated heterocycles. The number of benzene rings is 1. The van der Waals surface area contributed by atoms with Crippen LogP contribution in [0, 0.1) is 0 Å². The molecule has 116 valence electrons. The van der Waals surface area contributed by atoms with E-state index in [1.54, 1.807) is 31.0 Å². The van der Waals surface area contributed by atoms with Crippen LogP contribution in [0.3, 0.4) is 0 Å². The predicted octanol–water partition coefficient (Wildman–Crippen LogP) is 1.51. The van der Waals surface area contributed by atoms with Crippen LogP contribution in [-0.2, 0) is 13.5 Å². The Hall–Kier alpha value is -2.15. The zero-order valence-corrected chi connectivity index (χ0v) is 14.0. The topological polar surface area (TPSA) is 76.0 Å². The van der Waals surface area contributed by atoms with Gasteiger partial charge in [0, 0.05) is 32.4 Å². The third-order valence-electron chi connectivity index (χ3n) is 3.14. The quantitative estimate of drug-likeness (QED) is 0.844. The van der Waals surface area contributed by atoms with E-state index in [4.69, 9.17) is 0 Å². The van der Waals surface area contributed by atoms with Gasteiger partial charge in [0.25, 0.3) is 11.8 Å². The van der Waals surface area contributed by atoms with Crippen LogP contribution in [-0.4, -0.2) is 35.2 Å². The van der Waals surface area contributed by atoms with Gasteiger partial charge in [-0.3, -0.25) is 14.3 Å². The molecular weight excluding hydrogens is 348 g/mol. The normalized spacial score (nSPS) is 10.3. The number of nitrogens with zero attached hydrogens (tertiary/aromatic N) is 2. The van der Waals surface area contributed by atoms with Gasteiger partial charge in [-0.15, -0.1) is 0 Å². The van der Waals surface area contributed by atoms with Crippen molar-refractivity contribution in [2.45, 2.75) is 6.42 Å². The van der Waals surface area contributed by atoms with E-state index in [0.29, 0.717) is 28.7 Å². The highest BCUT2D eigenvalue weighted by atomic mass is 79.9. The van der Waals surface area contributed by atoms with Crippen molar-refractivity contribution in [1.82, 2.24) is 20.4 Å². The third kappa shape index (κ3) is 3.94. The summed E-state index contributed by atoms with van der Waals surface area (Å²) in [6.07, 6.45) is 2.31. The minimum atomic E-state index is -0.178. The fourth-order valence-electron chi connectivity index (χ4n) is 2.04. The molecule has 2 aromatic rings.